The molecule has 0 amide bonds. The number of carbonyl (C=O) groups is 2. The van der Waals surface area contributed by atoms with Gasteiger partial charge in [0.2, 0.25) is 0 Å². The number of aldehydes is 2. The number of benzene rings is 1. The van der Waals surface area contributed by atoms with E-state index >= 15 is 0 Å². The van der Waals surface area contributed by atoms with Crippen LogP contribution in [0.5, 0.6) is 0 Å². The molecule has 20 heavy (non-hydrogen) atoms. The van der Waals surface area contributed by atoms with Gasteiger partial charge in [-0.25, -0.2) is 0 Å². The van der Waals surface area contributed by atoms with Crippen LogP contribution < -0.4 is 0 Å². The van der Waals surface area contributed by atoms with E-state index < -0.39 is 0 Å². The third kappa shape index (κ3) is 7.62. The van der Waals surface area contributed by atoms with Crippen molar-refractivity contribution in [3.63, 3.8) is 0 Å². The molecule has 0 unspecified atom stereocenters. The molecule has 0 aliphatic heterocycles. The molecule has 0 aliphatic rings. The molecule has 0 saturated carbocycles. The van der Waals surface area contributed by atoms with Crippen molar-refractivity contribution in [1.82, 2.24) is 0 Å². The van der Waals surface area contributed by atoms with Crippen LogP contribution in [-0.4, -0.2) is 25.3 Å². The van der Waals surface area contributed by atoms with E-state index in [-0.39, 0.29) is 0 Å². The molecule has 0 saturated heterocycles. The molecule has 0 radical (unpaired) electrons. The molecule has 0 N–H and O–H groups in total. The minimum absolute atomic E-state index is 0.691. The fourth-order valence-corrected chi connectivity index (χ4v) is 1.97. The van der Waals surface area contributed by atoms with Gasteiger partial charge in [-0.3, -0.25) is 9.79 Å². The number of unbranched alkanes of at least 4 members (excludes halogenated alkanes) is 6. The van der Waals surface area contributed by atoms with Crippen LogP contribution >= 0.6 is 0 Å². The Kier molecular flexibility index (Phi) is 9.03. The van der Waals surface area contributed by atoms with Crippen molar-refractivity contribution in [2.45, 2.75) is 44.9 Å². The molecule has 3 nitrogen and oxygen atoms in total. The second-order valence-electron chi connectivity index (χ2n) is 4.90. The Morgan fingerprint density at radius 2 is 1.40 bits per heavy atom. The summed E-state index contributed by atoms with van der Waals surface area (Å²) in [6, 6.07) is 7.40. The standard InChI is InChI=1S/C17H23NO2/c19-13-7-5-3-1-2-4-6-12-18-14-16-8-10-17(15-20)11-9-16/h8-11,13-15H,1-7,12H2. The Bertz CT molecular complexity index is 410. The van der Waals surface area contributed by atoms with Crippen LogP contribution in [0.1, 0.15) is 60.9 Å². The second-order valence-corrected chi connectivity index (χ2v) is 4.90. The summed E-state index contributed by atoms with van der Waals surface area (Å²) in [6.07, 6.45) is 11.3. The molecule has 0 bridgehead atoms. The lowest BCUT2D eigenvalue weighted by atomic mass is 10.1. The monoisotopic (exact) mass is 273 g/mol. The van der Waals surface area contributed by atoms with E-state index in [9.17, 15) is 9.59 Å². The van der Waals surface area contributed by atoms with Crippen molar-refractivity contribution in [2.24, 2.45) is 4.99 Å². The normalized spacial score (nSPS) is 10.8. The summed E-state index contributed by atoms with van der Waals surface area (Å²) in [5, 5.41) is 0. The van der Waals surface area contributed by atoms with Crippen molar-refractivity contribution in [2.75, 3.05) is 6.54 Å². The maximum atomic E-state index is 10.5. The lowest BCUT2D eigenvalue weighted by molar-refractivity contribution is -0.107. The molecule has 0 atom stereocenters. The second kappa shape index (κ2) is 11.1. The zero-order valence-electron chi connectivity index (χ0n) is 12.0. The molecule has 1 aromatic rings. The fraction of sp³-hybridized carbons (Fsp3) is 0.471. The maximum Gasteiger partial charge on any atom is 0.150 e. The Morgan fingerprint density at radius 3 is 2.05 bits per heavy atom. The van der Waals surface area contributed by atoms with Crippen LogP contribution in [0.4, 0.5) is 0 Å². The molecule has 0 heterocycles. The van der Waals surface area contributed by atoms with E-state index in [0.717, 1.165) is 43.9 Å². The van der Waals surface area contributed by atoms with E-state index in [0.29, 0.717) is 12.0 Å². The quantitative estimate of drug-likeness (QED) is 0.349. The first-order valence-electron chi connectivity index (χ1n) is 7.35. The highest BCUT2D eigenvalue weighted by Gasteiger charge is 1.92. The fourth-order valence-electron chi connectivity index (χ4n) is 1.97. The van der Waals surface area contributed by atoms with Gasteiger partial charge >= 0.3 is 0 Å². The highest BCUT2D eigenvalue weighted by atomic mass is 16.1. The van der Waals surface area contributed by atoms with Gasteiger partial charge in [-0.2, -0.15) is 0 Å². The SMILES string of the molecule is O=CCCCCCCCCN=Cc1ccc(C=O)cc1. The number of aliphatic imine (C=N–C) groups is 1. The van der Waals surface area contributed by atoms with Gasteiger partial charge in [-0.15, -0.1) is 0 Å². The molecular weight excluding hydrogens is 250 g/mol. The van der Waals surface area contributed by atoms with Crippen LogP contribution in [0, 0.1) is 0 Å². The zero-order valence-corrected chi connectivity index (χ0v) is 12.0. The van der Waals surface area contributed by atoms with Crippen LogP contribution in [-0.2, 0) is 4.79 Å². The van der Waals surface area contributed by atoms with Crippen molar-refractivity contribution in [3.8, 4) is 0 Å². The van der Waals surface area contributed by atoms with Crippen LogP contribution in [0.3, 0.4) is 0 Å². The molecule has 0 fully saturated rings. The van der Waals surface area contributed by atoms with E-state index in [1.165, 1.54) is 19.3 Å². The summed E-state index contributed by atoms with van der Waals surface area (Å²) in [7, 11) is 0. The summed E-state index contributed by atoms with van der Waals surface area (Å²) in [4.78, 5) is 25.0. The average Bonchev–Trinajstić information content (AvgIpc) is 2.50. The van der Waals surface area contributed by atoms with Gasteiger partial charge in [-0.1, -0.05) is 49.9 Å². The third-order valence-electron chi connectivity index (χ3n) is 3.17. The first kappa shape index (κ1) is 16.3. The molecule has 3 heteroatoms. The molecule has 108 valence electrons. The molecule has 1 aromatic carbocycles. The van der Waals surface area contributed by atoms with Crippen molar-refractivity contribution in [3.05, 3.63) is 35.4 Å². The number of rotatable bonds is 11. The average molecular weight is 273 g/mol. The molecule has 0 aliphatic carbocycles. The van der Waals surface area contributed by atoms with Crippen LogP contribution in [0.15, 0.2) is 29.3 Å². The van der Waals surface area contributed by atoms with Crippen LogP contribution in [0.2, 0.25) is 0 Å². The lowest BCUT2D eigenvalue weighted by Gasteiger charge is -1.99. The van der Waals surface area contributed by atoms with Gasteiger partial charge in [0.25, 0.3) is 0 Å². The Hall–Kier alpha value is -1.77. The highest BCUT2D eigenvalue weighted by Crippen LogP contribution is 2.06. The van der Waals surface area contributed by atoms with E-state index in [2.05, 4.69) is 4.99 Å². The number of hydrogen-bond donors (Lipinski definition) is 0. The predicted octanol–water partition coefficient (Wildman–Crippen LogP) is 3.85. The summed E-state index contributed by atoms with van der Waals surface area (Å²) >= 11 is 0. The van der Waals surface area contributed by atoms with Gasteiger partial charge in [0.1, 0.15) is 12.6 Å². The Balaban J connectivity index is 2.03. The van der Waals surface area contributed by atoms with E-state index in [4.69, 9.17) is 0 Å². The maximum absolute atomic E-state index is 10.5. The van der Waals surface area contributed by atoms with Gasteiger partial charge in [0, 0.05) is 24.7 Å². The zero-order chi connectivity index (χ0) is 14.5. The Morgan fingerprint density at radius 1 is 0.800 bits per heavy atom. The largest absolute Gasteiger partial charge is 0.303 e. The van der Waals surface area contributed by atoms with Gasteiger partial charge in [0.15, 0.2) is 0 Å². The highest BCUT2D eigenvalue weighted by molar-refractivity contribution is 5.82. The molecule has 0 aromatic heterocycles. The summed E-state index contributed by atoms with van der Waals surface area (Å²) < 4.78 is 0. The van der Waals surface area contributed by atoms with Gasteiger partial charge in [0.05, 0.1) is 0 Å². The summed E-state index contributed by atoms with van der Waals surface area (Å²) in [6.45, 7) is 0.851. The first-order chi connectivity index (χ1) is 9.86. The van der Waals surface area contributed by atoms with Crippen molar-refractivity contribution < 1.29 is 9.59 Å². The minimum atomic E-state index is 0.691. The van der Waals surface area contributed by atoms with Crippen molar-refractivity contribution >= 4 is 18.8 Å². The smallest absolute Gasteiger partial charge is 0.150 e. The number of carbonyl (C=O) groups excluding carboxylic acids is 2. The molecular formula is C17H23NO2. The van der Waals surface area contributed by atoms with E-state index in [1.807, 2.05) is 18.3 Å². The lowest BCUT2D eigenvalue weighted by Crippen LogP contribution is -1.87. The molecule has 0 spiro atoms. The van der Waals surface area contributed by atoms with Crippen LogP contribution in [0.25, 0.3) is 0 Å². The Labute approximate surface area is 121 Å². The van der Waals surface area contributed by atoms with Crippen molar-refractivity contribution in [1.29, 1.82) is 0 Å². The minimum Gasteiger partial charge on any atom is -0.303 e. The van der Waals surface area contributed by atoms with Gasteiger partial charge in [-0.05, 0) is 18.4 Å². The number of nitrogens with zero attached hydrogens (tertiary/aromatic N) is 1. The summed E-state index contributed by atoms with van der Waals surface area (Å²) in [5.74, 6) is 0. The molecule has 1 rings (SSSR count). The number of hydrogen-bond acceptors (Lipinski definition) is 3. The topological polar surface area (TPSA) is 46.5 Å². The van der Waals surface area contributed by atoms with Gasteiger partial charge < -0.3 is 4.79 Å². The summed E-state index contributed by atoms with van der Waals surface area (Å²) in [5.41, 5.74) is 1.72. The first-order valence-corrected chi connectivity index (χ1v) is 7.35. The predicted molar refractivity (Wildman–Crippen MR) is 82.7 cm³/mol. The third-order valence-corrected chi connectivity index (χ3v) is 3.17. The van der Waals surface area contributed by atoms with E-state index in [1.54, 1.807) is 12.1 Å².